The second kappa shape index (κ2) is 10.3. The van der Waals surface area contributed by atoms with Gasteiger partial charge in [-0.15, -0.1) is 0 Å². The van der Waals surface area contributed by atoms with Crippen molar-refractivity contribution in [2.24, 2.45) is 0 Å². The standard InChI is InChI=1S/C18H31N3O/c1-5-9-11-15-13-19-18(20-14-15)21(16(7-3)8-4)17(22)12-10-6-2/h13-14,16H,5-12H2,1-4H3. The molecule has 0 aliphatic heterocycles. The maximum Gasteiger partial charge on any atom is 0.232 e. The van der Waals surface area contributed by atoms with Gasteiger partial charge in [0.25, 0.3) is 0 Å². The largest absolute Gasteiger partial charge is 0.278 e. The van der Waals surface area contributed by atoms with Crippen molar-refractivity contribution in [1.29, 1.82) is 0 Å². The Bertz CT molecular complexity index is 426. The van der Waals surface area contributed by atoms with E-state index < -0.39 is 0 Å². The summed E-state index contributed by atoms with van der Waals surface area (Å²) in [6, 6.07) is 0.186. The fourth-order valence-electron chi connectivity index (χ4n) is 2.56. The molecule has 0 atom stereocenters. The Morgan fingerprint density at radius 3 is 2.14 bits per heavy atom. The average molecular weight is 305 g/mol. The highest BCUT2D eigenvalue weighted by atomic mass is 16.2. The van der Waals surface area contributed by atoms with Crippen molar-refractivity contribution in [3.8, 4) is 0 Å². The summed E-state index contributed by atoms with van der Waals surface area (Å²) in [5, 5.41) is 0. The Kier molecular flexibility index (Phi) is 8.71. The molecule has 4 heteroatoms. The molecule has 1 heterocycles. The van der Waals surface area contributed by atoms with Gasteiger partial charge in [-0.1, -0.05) is 40.5 Å². The average Bonchev–Trinajstić information content (AvgIpc) is 2.56. The van der Waals surface area contributed by atoms with Gasteiger partial charge >= 0.3 is 0 Å². The maximum absolute atomic E-state index is 12.6. The second-order valence-corrected chi connectivity index (χ2v) is 5.83. The van der Waals surface area contributed by atoms with Crippen LogP contribution in [0.2, 0.25) is 0 Å². The zero-order chi connectivity index (χ0) is 16.4. The molecule has 0 saturated heterocycles. The van der Waals surface area contributed by atoms with E-state index in [-0.39, 0.29) is 11.9 Å². The van der Waals surface area contributed by atoms with Crippen LogP contribution in [0.3, 0.4) is 0 Å². The molecule has 0 unspecified atom stereocenters. The number of aromatic nitrogens is 2. The summed E-state index contributed by atoms with van der Waals surface area (Å²) in [5.74, 6) is 0.715. The summed E-state index contributed by atoms with van der Waals surface area (Å²) in [4.78, 5) is 23.3. The third-order valence-corrected chi connectivity index (χ3v) is 4.05. The molecular weight excluding hydrogens is 274 g/mol. The van der Waals surface area contributed by atoms with Crippen molar-refractivity contribution in [3.05, 3.63) is 18.0 Å². The molecule has 124 valence electrons. The van der Waals surface area contributed by atoms with Crippen molar-refractivity contribution >= 4 is 11.9 Å². The number of rotatable bonds is 10. The number of carbonyl (C=O) groups is 1. The second-order valence-electron chi connectivity index (χ2n) is 5.83. The van der Waals surface area contributed by atoms with Gasteiger partial charge in [-0.05, 0) is 37.7 Å². The van der Waals surface area contributed by atoms with Crippen LogP contribution in [-0.2, 0) is 11.2 Å². The molecule has 0 radical (unpaired) electrons. The normalized spacial score (nSPS) is 11.0. The van der Waals surface area contributed by atoms with Gasteiger partial charge in [-0.3, -0.25) is 9.69 Å². The summed E-state index contributed by atoms with van der Waals surface area (Å²) >= 11 is 0. The van der Waals surface area contributed by atoms with Gasteiger partial charge in [-0.2, -0.15) is 0 Å². The smallest absolute Gasteiger partial charge is 0.232 e. The van der Waals surface area contributed by atoms with Crippen molar-refractivity contribution in [2.45, 2.75) is 85.1 Å². The minimum absolute atomic E-state index is 0.150. The predicted molar refractivity (Wildman–Crippen MR) is 92.0 cm³/mol. The van der Waals surface area contributed by atoms with E-state index >= 15 is 0 Å². The Morgan fingerprint density at radius 1 is 1.05 bits per heavy atom. The Morgan fingerprint density at radius 2 is 1.64 bits per heavy atom. The molecule has 0 aliphatic rings. The van der Waals surface area contributed by atoms with Gasteiger partial charge in [-0.25, -0.2) is 9.97 Å². The van der Waals surface area contributed by atoms with Gasteiger partial charge in [0, 0.05) is 24.9 Å². The predicted octanol–water partition coefficient (Wildman–Crippen LogP) is 4.53. The van der Waals surface area contributed by atoms with Crippen LogP contribution in [0.5, 0.6) is 0 Å². The quantitative estimate of drug-likeness (QED) is 0.638. The van der Waals surface area contributed by atoms with E-state index in [4.69, 9.17) is 0 Å². The summed E-state index contributed by atoms with van der Waals surface area (Å²) in [5.41, 5.74) is 1.15. The number of nitrogens with zero attached hydrogens (tertiary/aromatic N) is 3. The van der Waals surface area contributed by atoms with Crippen LogP contribution >= 0.6 is 0 Å². The molecule has 1 amide bonds. The van der Waals surface area contributed by atoms with E-state index in [0.717, 1.165) is 50.5 Å². The van der Waals surface area contributed by atoms with E-state index in [0.29, 0.717) is 12.4 Å². The Balaban J connectivity index is 2.92. The third kappa shape index (κ3) is 5.39. The molecular formula is C18H31N3O. The highest BCUT2D eigenvalue weighted by molar-refractivity contribution is 5.92. The summed E-state index contributed by atoms with van der Waals surface area (Å²) < 4.78 is 0. The number of hydrogen-bond acceptors (Lipinski definition) is 3. The van der Waals surface area contributed by atoms with E-state index in [2.05, 4.69) is 37.7 Å². The fraction of sp³-hybridized carbons (Fsp3) is 0.722. The van der Waals surface area contributed by atoms with Gasteiger partial charge < -0.3 is 0 Å². The van der Waals surface area contributed by atoms with Gasteiger partial charge in [0.15, 0.2) is 0 Å². The van der Waals surface area contributed by atoms with E-state index in [1.165, 1.54) is 0 Å². The lowest BCUT2D eigenvalue weighted by molar-refractivity contribution is -0.119. The SMILES string of the molecule is CCCCC(=O)N(c1ncc(CCCC)cn1)C(CC)CC. The monoisotopic (exact) mass is 305 g/mol. The minimum Gasteiger partial charge on any atom is -0.278 e. The van der Waals surface area contributed by atoms with Crippen molar-refractivity contribution in [2.75, 3.05) is 4.90 Å². The highest BCUT2D eigenvalue weighted by Gasteiger charge is 2.24. The van der Waals surface area contributed by atoms with Crippen LogP contribution < -0.4 is 4.90 Å². The molecule has 0 aromatic carbocycles. The fourth-order valence-corrected chi connectivity index (χ4v) is 2.56. The van der Waals surface area contributed by atoms with Crippen LogP contribution in [0, 0.1) is 0 Å². The number of anilines is 1. The molecule has 22 heavy (non-hydrogen) atoms. The van der Waals surface area contributed by atoms with Crippen LogP contribution in [0.25, 0.3) is 0 Å². The Hall–Kier alpha value is -1.45. The molecule has 0 N–H and O–H groups in total. The maximum atomic E-state index is 12.6. The van der Waals surface area contributed by atoms with Crippen molar-refractivity contribution < 1.29 is 4.79 Å². The topological polar surface area (TPSA) is 46.1 Å². The first-order chi connectivity index (χ1) is 10.7. The van der Waals surface area contributed by atoms with Gasteiger partial charge in [0.2, 0.25) is 11.9 Å². The lowest BCUT2D eigenvalue weighted by Crippen LogP contribution is -2.41. The molecule has 1 aromatic heterocycles. The molecule has 4 nitrogen and oxygen atoms in total. The van der Waals surface area contributed by atoms with Crippen LogP contribution in [-0.4, -0.2) is 21.9 Å². The number of aryl methyl sites for hydroxylation is 1. The number of unbranched alkanes of at least 4 members (excludes halogenated alkanes) is 2. The first kappa shape index (κ1) is 18.6. The highest BCUT2D eigenvalue weighted by Crippen LogP contribution is 2.19. The molecule has 0 saturated carbocycles. The van der Waals surface area contributed by atoms with Crippen molar-refractivity contribution in [1.82, 2.24) is 9.97 Å². The van der Waals surface area contributed by atoms with E-state index in [9.17, 15) is 4.79 Å². The van der Waals surface area contributed by atoms with Crippen LogP contribution in [0.1, 0.15) is 78.2 Å². The van der Waals surface area contributed by atoms with Gasteiger partial charge in [0.05, 0.1) is 0 Å². The number of carbonyl (C=O) groups excluding carboxylic acids is 1. The first-order valence-electron chi connectivity index (χ1n) is 8.80. The Labute approximate surface area is 135 Å². The summed E-state index contributed by atoms with van der Waals surface area (Å²) in [6.45, 7) is 8.51. The van der Waals surface area contributed by atoms with E-state index in [1.807, 2.05) is 17.3 Å². The van der Waals surface area contributed by atoms with Crippen LogP contribution in [0.15, 0.2) is 12.4 Å². The van der Waals surface area contributed by atoms with E-state index in [1.54, 1.807) is 0 Å². The third-order valence-electron chi connectivity index (χ3n) is 4.05. The van der Waals surface area contributed by atoms with Crippen LogP contribution in [0.4, 0.5) is 5.95 Å². The molecule has 1 aromatic rings. The zero-order valence-corrected chi connectivity index (χ0v) is 14.6. The first-order valence-corrected chi connectivity index (χ1v) is 8.80. The summed E-state index contributed by atoms with van der Waals surface area (Å²) in [6.07, 6.45) is 11.4. The molecule has 0 bridgehead atoms. The number of amides is 1. The number of hydrogen-bond donors (Lipinski definition) is 0. The molecule has 0 fully saturated rings. The summed E-state index contributed by atoms with van der Waals surface area (Å²) in [7, 11) is 0. The molecule has 1 rings (SSSR count). The van der Waals surface area contributed by atoms with Crippen molar-refractivity contribution in [3.63, 3.8) is 0 Å². The molecule has 0 spiro atoms. The lowest BCUT2D eigenvalue weighted by Gasteiger charge is -2.28. The minimum atomic E-state index is 0.150. The zero-order valence-electron chi connectivity index (χ0n) is 14.6. The molecule has 0 aliphatic carbocycles. The lowest BCUT2D eigenvalue weighted by atomic mass is 10.1. The van der Waals surface area contributed by atoms with Gasteiger partial charge in [0.1, 0.15) is 0 Å².